The second-order valence-corrected chi connectivity index (χ2v) is 1.40. The number of rotatable bonds is 3. The number of hydrogen-bond acceptors (Lipinski definition) is 3. The number of ether oxygens (including phenoxy) is 1. The van der Waals surface area contributed by atoms with Crippen molar-refractivity contribution in [2.75, 3.05) is 13.2 Å². The summed E-state index contributed by atoms with van der Waals surface area (Å²) in [5.41, 5.74) is 0.247. The van der Waals surface area contributed by atoms with Crippen LogP contribution in [-0.4, -0.2) is 18.3 Å². The zero-order valence-corrected chi connectivity index (χ0v) is 5.29. The van der Waals surface area contributed by atoms with Crippen LogP contribution in [0.3, 0.4) is 0 Å². The van der Waals surface area contributed by atoms with E-state index in [-0.39, 0.29) is 12.2 Å². The van der Waals surface area contributed by atoms with Gasteiger partial charge in [0.15, 0.2) is 0 Å². The van der Waals surface area contributed by atoms with Crippen LogP contribution < -0.4 is 0 Å². The first-order valence-corrected chi connectivity index (χ1v) is 2.66. The molecule has 0 heterocycles. The highest BCUT2D eigenvalue weighted by atomic mass is 16.5. The summed E-state index contributed by atoms with van der Waals surface area (Å²) in [6, 6.07) is 1.77. The lowest BCUT2D eigenvalue weighted by atomic mass is 10.3. The van der Waals surface area contributed by atoms with Gasteiger partial charge in [0.25, 0.3) is 0 Å². The minimum absolute atomic E-state index is 0.198. The minimum atomic E-state index is 0.198. The van der Waals surface area contributed by atoms with Gasteiger partial charge in [-0.2, -0.15) is 5.26 Å². The van der Waals surface area contributed by atoms with Gasteiger partial charge in [-0.3, -0.25) is 0 Å². The largest absolute Gasteiger partial charge is 0.514 e. The van der Waals surface area contributed by atoms with Crippen molar-refractivity contribution in [3.8, 4) is 6.07 Å². The fourth-order valence-electron chi connectivity index (χ4n) is 0.310. The third kappa shape index (κ3) is 3.56. The monoisotopic (exact) mass is 127 g/mol. The van der Waals surface area contributed by atoms with Crippen LogP contribution in [0, 0.1) is 11.3 Å². The molecule has 0 unspecified atom stereocenters. The Balaban J connectivity index is 3.49. The summed E-state index contributed by atoms with van der Waals surface area (Å²) in [4.78, 5) is 0. The van der Waals surface area contributed by atoms with Gasteiger partial charge in [-0.25, -0.2) is 0 Å². The molecule has 0 aliphatic rings. The zero-order valence-electron chi connectivity index (χ0n) is 5.29. The van der Waals surface area contributed by atoms with Crippen LogP contribution in [0.1, 0.15) is 6.92 Å². The number of aliphatic hydroxyl groups is 1. The molecular formula is C6H9NO2. The molecule has 1 N–H and O–H groups in total. The summed E-state index contributed by atoms with van der Waals surface area (Å²) in [5, 5.41) is 16.5. The van der Waals surface area contributed by atoms with Gasteiger partial charge >= 0.3 is 0 Å². The maximum Gasteiger partial charge on any atom is 0.100 e. The molecule has 0 aromatic rings. The Labute approximate surface area is 54.2 Å². The molecule has 0 rings (SSSR count). The van der Waals surface area contributed by atoms with E-state index in [1.165, 1.54) is 0 Å². The van der Waals surface area contributed by atoms with Crippen molar-refractivity contribution in [2.24, 2.45) is 0 Å². The van der Waals surface area contributed by atoms with E-state index in [0.717, 1.165) is 6.26 Å². The summed E-state index contributed by atoms with van der Waals surface area (Å²) in [6.07, 6.45) is 0.760. The lowest BCUT2D eigenvalue weighted by Crippen LogP contribution is -1.95. The molecule has 9 heavy (non-hydrogen) atoms. The van der Waals surface area contributed by atoms with Crippen LogP contribution in [0.25, 0.3) is 0 Å². The van der Waals surface area contributed by atoms with Crippen molar-refractivity contribution in [3.05, 3.63) is 11.8 Å². The lowest BCUT2D eigenvalue weighted by molar-refractivity contribution is 0.171. The normalized spacial score (nSPS) is 10.9. The molecule has 0 saturated carbocycles. The molecular weight excluding hydrogens is 118 g/mol. The van der Waals surface area contributed by atoms with E-state index in [9.17, 15) is 0 Å². The Morgan fingerprint density at radius 3 is 2.89 bits per heavy atom. The van der Waals surface area contributed by atoms with Crippen molar-refractivity contribution in [3.63, 3.8) is 0 Å². The molecule has 50 valence electrons. The van der Waals surface area contributed by atoms with Crippen LogP contribution in [0.4, 0.5) is 0 Å². The van der Waals surface area contributed by atoms with Gasteiger partial charge in [-0.15, -0.1) is 0 Å². The van der Waals surface area contributed by atoms with Crippen molar-refractivity contribution in [2.45, 2.75) is 6.92 Å². The molecule has 0 radical (unpaired) electrons. The predicted molar refractivity (Wildman–Crippen MR) is 32.8 cm³/mol. The van der Waals surface area contributed by atoms with E-state index in [1.807, 2.05) is 6.92 Å². The highest BCUT2D eigenvalue weighted by Gasteiger charge is 1.91. The second kappa shape index (κ2) is 5.13. The summed E-state index contributed by atoms with van der Waals surface area (Å²) < 4.78 is 4.83. The SMILES string of the molecule is CCOCC(C#N)=CO. The van der Waals surface area contributed by atoms with E-state index in [0.29, 0.717) is 6.61 Å². The van der Waals surface area contributed by atoms with Gasteiger partial charge in [0.05, 0.1) is 18.4 Å². The lowest BCUT2D eigenvalue weighted by Gasteiger charge is -1.94. The first kappa shape index (κ1) is 7.99. The fourth-order valence-corrected chi connectivity index (χ4v) is 0.310. The molecule has 0 fully saturated rings. The van der Waals surface area contributed by atoms with Crippen LogP contribution in [0.2, 0.25) is 0 Å². The van der Waals surface area contributed by atoms with E-state index in [4.69, 9.17) is 15.1 Å². The van der Waals surface area contributed by atoms with Gasteiger partial charge in [0, 0.05) is 6.61 Å². The fraction of sp³-hybridized carbons (Fsp3) is 0.500. The maximum atomic E-state index is 8.29. The smallest absolute Gasteiger partial charge is 0.100 e. The second-order valence-electron chi connectivity index (χ2n) is 1.40. The Morgan fingerprint density at radius 2 is 2.56 bits per heavy atom. The highest BCUT2D eigenvalue weighted by Crippen LogP contribution is 1.89. The van der Waals surface area contributed by atoms with Gasteiger partial charge in [0.2, 0.25) is 0 Å². The standard InChI is InChI=1S/C6H9NO2/c1-2-9-5-6(3-7)4-8/h4,8H,2,5H2,1H3. The van der Waals surface area contributed by atoms with Crippen LogP contribution in [0.15, 0.2) is 11.8 Å². The Morgan fingerprint density at radius 1 is 1.89 bits per heavy atom. The third-order valence-electron chi connectivity index (χ3n) is 0.761. The topological polar surface area (TPSA) is 53.2 Å². The predicted octanol–water partition coefficient (Wildman–Crippen LogP) is 0.988. The molecule has 0 atom stereocenters. The van der Waals surface area contributed by atoms with Crippen molar-refractivity contribution in [1.82, 2.24) is 0 Å². The summed E-state index contributed by atoms with van der Waals surface area (Å²) in [6.45, 7) is 2.58. The Hall–Kier alpha value is -1.01. The van der Waals surface area contributed by atoms with Crippen molar-refractivity contribution >= 4 is 0 Å². The number of nitriles is 1. The Bertz CT molecular complexity index is 134. The average molecular weight is 127 g/mol. The molecule has 3 nitrogen and oxygen atoms in total. The molecule has 0 saturated heterocycles. The maximum absolute atomic E-state index is 8.29. The number of nitrogens with zero attached hydrogens (tertiary/aromatic N) is 1. The highest BCUT2D eigenvalue weighted by molar-refractivity contribution is 5.17. The summed E-state index contributed by atoms with van der Waals surface area (Å²) in [5.74, 6) is 0. The Kier molecular flexibility index (Phi) is 4.56. The van der Waals surface area contributed by atoms with Gasteiger partial charge in [-0.1, -0.05) is 0 Å². The average Bonchev–Trinajstić information content (AvgIpc) is 1.91. The van der Waals surface area contributed by atoms with Crippen molar-refractivity contribution < 1.29 is 9.84 Å². The molecule has 0 bridgehead atoms. The molecule has 0 aromatic carbocycles. The van der Waals surface area contributed by atoms with E-state index in [1.54, 1.807) is 6.07 Å². The molecule has 0 aliphatic heterocycles. The van der Waals surface area contributed by atoms with Gasteiger partial charge in [0.1, 0.15) is 6.07 Å². The van der Waals surface area contributed by atoms with Crippen molar-refractivity contribution in [1.29, 1.82) is 5.26 Å². The number of aliphatic hydroxyl groups excluding tert-OH is 1. The van der Waals surface area contributed by atoms with Crippen LogP contribution in [0.5, 0.6) is 0 Å². The molecule has 3 heteroatoms. The molecule has 0 aliphatic carbocycles. The number of hydrogen-bond donors (Lipinski definition) is 1. The molecule has 0 aromatic heterocycles. The van der Waals surface area contributed by atoms with Crippen LogP contribution in [-0.2, 0) is 4.74 Å². The molecule has 0 spiro atoms. The minimum Gasteiger partial charge on any atom is -0.514 e. The van der Waals surface area contributed by atoms with Gasteiger partial charge in [-0.05, 0) is 6.92 Å². The van der Waals surface area contributed by atoms with Gasteiger partial charge < -0.3 is 9.84 Å². The third-order valence-corrected chi connectivity index (χ3v) is 0.761. The van der Waals surface area contributed by atoms with E-state index < -0.39 is 0 Å². The molecule has 0 amide bonds. The summed E-state index contributed by atoms with van der Waals surface area (Å²) in [7, 11) is 0. The van der Waals surface area contributed by atoms with E-state index in [2.05, 4.69) is 0 Å². The van der Waals surface area contributed by atoms with Crippen LogP contribution >= 0.6 is 0 Å². The quantitative estimate of drug-likeness (QED) is 0.454. The summed E-state index contributed by atoms with van der Waals surface area (Å²) >= 11 is 0. The van der Waals surface area contributed by atoms with E-state index >= 15 is 0 Å². The first-order valence-electron chi connectivity index (χ1n) is 2.66. The zero-order chi connectivity index (χ0) is 7.11. The first-order chi connectivity index (χ1) is 4.35.